The van der Waals surface area contributed by atoms with Crippen molar-refractivity contribution in [1.29, 1.82) is 0 Å². The first-order chi connectivity index (χ1) is 8.33. The third kappa shape index (κ3) is 4.49. The Morgan fingerprint density at radius 1 is 1.50 bits per heavy atom. The van der Waals surface area contributed by atoms with Crippen LogP contribution in [0.4, 0.5) is 5.69 Å². The largest absolute Gasteiger partial charge is 0.390 e. The second kappa shape index (κ2) is 6.00. The summed E-state index contributed by atoms with van der Waals surface area (Å²) in [4.78, 5) is 13.9. The number of anilines is 1. The Labute approximate surface area is 108 Å². The molecule has 0 amide bonds. The molecule has 0 bridgehead atoms. The molecule has 0 unspecified atom stereocenters. The van der Waals surface area contributed by atoms with Gasteiger partial charge in [-0.2, -0.15) is 5.10 Å². The monoisotopic (exact) mass is 253 g/mol. The third-order valence-electron chi connectivity index (χ3n) is 2.79. The standard InChI is InChI=1S/C13H23N3O2/c1-5-7-15(4)11-9-12(17)16(14-10-11)8-6-13(2,3)18/h9-10,18H,5-8H2,1-4H3. The Morgan fingerprint density at radius 3 is 2.67 bits per heavy atom. The summed E-state index contributed by atoms with van der Waals surface area (Å²) in [7, 11) is 1.95. The Balaban J connectivity index is 2.77. The number of aromatic nitrogens is 2. The van der Waals surface area contributed by atoms with Crippen LogP contribution in [0.15, 0.2) is 17.1 Å². The molecule has 5 heteroatoms. The van der Waals surface area contributed by atoms with Crippen molar-refractivity contribution in [2.75, 3.05) is 18.5 Å². The molecule has 0 spiro atoms. The minimum absolute atomic E-state index is 0.125. The summed E-state index contributed by atoms with van der Waals surface area (Å²) < 4.78 is 1.39. The fourth-order valence-electron chi connectivity index (χ4n) is 1.64. The second-order valence-electron chi connectivity index (χ2n) is 5.26. The highest BCUT2D eigenvalue weighted by Gasteiger charge is 2.13. The predicted octanol–water partition coefficient (Wildman–Crippen LogP) is 1.25. The Kier molecular flexibility index (Phi) is 4.90. The smallest absolute Gasteiger partial charge is 0.268 e. The van der Waals surface area contributed by atoms with Gasteiger partial charge in [0.1, 0.15) is 0 Å². The van der Waals surface area contributed by atoms with Crippen molar-refractivity contribution in [3.63, 3.8) is 0 Å². The third-order valence-corrected chi connectivity index (χ3v) is 2.79. The van der Waals surface area contributed by atoms with Gasteiger partial charge in [-0.15, -0.1) is 0 Å². The molecular formula is C13H23N3O2. The first kappa shape index (κ1) is 14.7. The SMILES string of the molecule is CCCN(C)c1cnn(CCC(C)(C)O)c(=O)c1. The number of hydrogen-bond acceptors (Lipinski definition) is 4. The van der Waals surface area contributed by atoms with Crippen molar-refractivity contribution in [2.45, 2.75) is 45.8 Å². The van der Waals surface area contributed by atoms with E-state index in [1.807, 2.05) is 11.9 Å². The lowest BCUT2D eigenvalue weighted by molar-refractivity contribution is 0.0646. The highest BCUT2D eigenvalue weighted by molar-refractivity contribution is 5.41. The van der Waals surface area contributed by atoms with Crippen molar-refractivity contribution in [2.24, 2.45) is 0 Å². The Bertz CT molecular complexity index is 435. The van der Waals surface area contributed by atoms with E-state index >= 15 is 0 Å². The summed E-state index contributed by atoms with van der Waals surface area (Å²) in [6.07, 6.45) is 3.23. The van der Waals surface area contributed by atoms with Gasteiger partial charge in [-0.05, 0) is 26.7 Å². The fraction of sp³-hybridized carbons (Fsp3) is 0.692. The molecule has 18 heavy (non-hydrogen) atoms. The summed E-state index contributed by atoms with van der Waals surface area (Å²) in [6.45, 7) is 6.87. The molecular weight excluding hydrogens is 230 g/mol. The Hall–Kier alpha value is -1.36. The molecule has 1 aromatic heterocycles. The maximum Gasteiger partial charge on any atom is 0.268 e. The van der Waals surface area contributed by atoms with Gasteiger partial charge in [0, 0.05) is 26.2 Å². The molecule has 1 aromatic rings. The molecule has 0 fully saturated rings. The van der Waals surface area contributed by atoms with Crippen LogP contribution in [0.5, 0.6) is 0 Å². The van der Waals surface area contributed by atoms with E-state index < -0.39 is 5.60 Å². The molecule has 1 rings (SSSR count). The maximum atomic E-state index is 11.9. The van der Waals surface area contributed by atoms with Gasteiger partial charge in [0.15, 0.2) is 0 Å². The van der Waals surface area contributed by atoms with Crippen LogP contribution in [0.25, 0.3) is 0 Å². The zero-order valence-corrected chi connectivity index (χ0v) is 11.7. The minimum atomic E-state index is -0.779. The van der Waals surface area contributed by atoms with E-state index in [-0.39, 0.29) is 5.56 Å². The zero-order valence-electron chi connectivity index (χ0n) is 11.7. The molecule has 0 aliphatic heterocycles. The number of rotatable bonds is 6. The quantitative estimate of drug-likeness (QED) is 0.829. The van der Waals surface area contributed by atoms with Gasteiger partial charge >= 0.3 is 0 Å². The van der Waals surface area contributed by atoms with E-state index in [9.17, 15) is 9.90 Å². The van der Waals surface area contributed by atoms with Gasteiger partial charge < -0.3 is 10.0 Å². The van der Waals surface area contributed by atoms with Crippen molar-refractivity contribution in [3.8, 4) is 0 Å². The van der Waals surface area contributed by atoms with E-state index in [2.05, 4.69) is 12.0 Å². The molecule has 0 saturated heterocycles. The van der Waals surface area contributed by atoms with Crippen LogP contribution in [0, 0.1) is 0 Å². The normalized spacial score (nSPS) is 11.6. The highest BCUT2D eigenvalue weighted by atomic mass is 16.3. The van der Waals surface area contributed by atoms with Crippen LogP contribution in [0.3, 0.4) is 0 Å². The van der Waals surface area contributed by atoms with Gasteiger partial charge in [-0.1, -0.05) is 6.92 Å². The molecule has 0 aromatic carbocycles. The summed E-state index contributed by atoms with van der Waals surface area (Å²) in [6, 6.07) is 1.59. The zero-order chi connectivity index (χ0) is 13.8. The fourth-order valence-corrected chi connectivity index (χ4v) is 1.64. The van der Waals surface area contributed by atoms with Crippen LogP contribution < -0.4 is 10.5 Å². The van der Waals surface area contributed by atoms with E-state index in [1.165, 1.54) is 4.68 Å². The van der Waals surface area contributed by atoms with Crippen molar-refractivity contribution in [3.05, 3.63) is 22.6 Å². The maximum absolute atomic E-state index is 11.9. The lowest BCUT2D eigenvalue weighted by atomic mass is 10.1. The molecule has 102 valence electrons. The number of aryl methyl sites for hydroxylation is 1. The summed E-state index contributed by atoms with van der Waals surface area (Å²) in [5.74, 6) is 0. The van der Waals surface area contributed by atoms with E-state index in [4.69, 9.17) is 0 Å². The van der Waals surface area contributed by atoms with E-state index in [0.29, 0.717) is 13.0 Å². The summed E-state index contributed by atoms with van der Waals surface area (Å²) in [5, 5.41) is 13.8. The van der Waals surface area contributed by atoms with Gasteiger partial charge in [0.25, 0.3) is 5.56 Å². The second-order valence-corrected chi connectivity index (χ2v) is 5.26. The molecule has 0 atom stereocenters. The van der Waals surface area contributed by atoms with E-state index in [0.717, 1.165) is 18.7 Å². The van der Waals surface area contributed by atoms with Crippen LogP contribution in [0.2, 0.25) is 0 Å². The number of hydrogen-bond donors (Lipinski definition) is 1. The first-order valence-electron chi connectivity index (χ1n) is 6.34. The molecule has 0 saturated carbocycles. The van der Waals surface area contributed by atoms with Gasteiger partial charge in [-0.25, -0.2) is 4.68 Å². The van der Waals surface area contributed by atoms with Crippen molar-refractivity contribution in [1.82, 2.24) is 9.78 Å². The number of aliphatic hydroxyl groups is 1. The van der Waals surface area contributed by atoms with Crippen molar-refractivity contribution < 1.29 is 5.11 Å². The lowest BCUT2D eigenvalue weighted by Crippen LogP contribution is -2.29. The summed E-state index contributed by atoms with van der Waals surface area (Å²) in [5.41, 5.74) is -0.0697. The highest BCUT2D eigenvalue weighted by Crippen LogP contribution is 2.09. The predicted molar refractivity (Wildman–Crippen MR) is 73.0 cm³/mol. The molecule has 0 radical (unpaired) electrons. The van der Waals surface area contributed by atoms with Gasteiger partial charge in [0.2, 0.25) is 0 Å². The average Bonchev–Trinajstić information content (AvgIpc) is 2.26. The van der Waals surface area contributed by atoms with Crippen LogP contribution in [-0.4, -0.2) is 34.1 Å². The number of nitrogens with zero attached hydrogens (tertiary/aromatic N) is 3. The van der Waals surface area contributed by atoms with Gasteiger partial charge in [-0.3, -0.25) is 4.79 Å². The lowest BCUT2D eigenvalue weighted by Gasteiger charge is -2.19. The molecule has 0 aliphatic rings. The molecule has 5 nitrogen and oxygen atoms in total. The Morgan fingerprint density at radius 2 is 2.17 bits per heavy atom. The first-order valence-corrected chi connectivity index (χ1v) is 6.34. The van der Waals surface area contributed by atoms with Gasteiger partial charge in [0.05, 0.1) is 17.5 Å². The molecule has 0 aliphatic carbocycles. The van der Waals surface area contributed by atoms with E-state index in [1.54, 1.807) is 26.1 Å². The topological polar surface area (TPSA) is 58.4 Å². The molecule has 1 N–H and O–H groups in total. The average molecular weight is 253 g/mol. The molecule has 1 heterocycles. The summed E-state index contributed by atoms with van der Waals surface area (Å²) >= 11 is 0. The van der Waals surface area contributed by atoms with Crippen LogP contribution in [0.1, 0.15) is 33.6 Å². The van der Waals surface area contributed by atoms with Crippen LogP contribution in [-0.2, 0) is 6.54 Å². The van der Waals surface area contributed by atoms with Crippen LogP contribution >= 0.6 is 0 Å². The minimum Gasteiger partial charge on any atom is -0.390 e. The van der Waals surface area contributed by atoms with Crippen molar-refractivity contribution >= 4 is 5.69 Å².